The van der Waals surface area contributed by atoms with Crippen LogP contribution in [0.4, 0.5) is 0 Å². The first kappa shape index (κ1) is 13.3. The van der Waals surface area contributed by atoms with Crippen LogP contribution in [0.5, 0.6) is 0 Å². The number of hydrogen-bond donors (Lipinski definition) is 1. The predicted molar refractivity (Wildman–Crippen MR) is 72.7 cm³/mol. The molecule has 0 aromatic heterocycles. The molecule has 98 valence electrons. The van der Waals surface area contributed by atoms with E-state index in [1.165, 1.54) is 0 Å². The van der Waals surface area contributed by atoms with Crippen LogP contribution in [0.25, 0.3) is 0 Å². The number of nitrogens with one attached hydrogen (secondary N) is 1. The summed E-state index contributed by atoms with van der Waals surface area (Å²) in [7, 11) is -3.38. The Hall–Kier alpha value is -1.13. The lowest BCUT2D eigenvalue weighted by atomic mass is 9.78. The minimum absolute atomic E-state index is 0.0981. The van der Waals surface area contributed by atoms with E-state index in [4.69, 9.17) is 0 Å². The molecule has 18 heavy (non-hydrogen) atoms. The summed E-state index contributed by atoms with van der Waals surface area (Å²) >= 11 is 0. The molecule has 0 saturated heterocycles. The van der Waals surface area contributed by atoms with Crippen molar-refractivity contribution in [2.24, 2.45) is 5.92 Å². The van der Waals surface area contributed by atoms with Crippen LogP contribution in [0.2, 0.25) is 0 Å². The highest BCUT2D eigenvalue weighted by molar-refractivity contribution is 7.89. The van der Waals surface area contributed by atoms with Gasteiger partial charge in [0.15, 0.2) is 0 Å². The highest BCUT2D eigenvalue weighted by Gasteiger charge is 2.46. The van der Waals surface area contributed by atoms with Gasteiger partial charge in [-0.1, -0.05) is 37.6 Å². The molecule has 4 heteroatoms. The van der Waals surface area contributed by atoms with Crippen molar-refractivity contribution in [3.05, 3.63) is 42.5 Å². The Morgan fingerprint density at radius 2 is 2.11 bits per heavy atom. The Labute approximate surface area is 109 Å². The molecule has 2 atom stereocenters. The zero-order valence-corrected chi connectivity index (χ0v) is 11.6. The van der Waals surface area contributed by atoms with Gasteiger partial charge in [0.05, 0.1) is 10.4 Å². The van der Waals surface area contributed by atoms with Crippen LogP contribution in [-0.2, 0) is 15.6 Å². The number of benzene rings is 1. The van der Waals surface area contributed by atoms with E-state index in [-0.39, 0.29) is 5.92 Å². The highest BCUT2D eigenvalue weighted by atomic mass is 32.2. The van der Waals surface area contributed by atoms with Gasteiger partial charge >= 0.3 is 0 Å². The molecule has 0 aliphatic carbocycles. The van der Waals surface area contributed by atoms with Crippen LogP contribution >= 0.6 is 0 Å². The van der Waals surface area contributed by atoms with Gasteiger partial charge in [-0.05, 0) is 30.9 Å². The van der Waals surface area contributed by atoms with E-state index in [0.717, 1.165) is 18.4 Å². The lowest BCUT2D eigenvalue weighted by molar-refractivity contribution is 0.313. The molecule has 0 radical (unpaired) electrons. The quantitative estimate of drug-likeness (QED) is 0.851. The first-order valence-electron chi connectivity index (χ1n) is 6.21. The van der Waals surface area contributed by atoms with Crippen molar-refractivity contribution in [3.63, 3.8) is 0 Å². The maximum absolute atomic E-state index is 12.1. The van der Waals surface area contributed by atoms with Gasteiger partial charge in [-0.2, -0.15) is 0 Å². The molecule has 1 aromatic rings. The van der Waals surface area contributed by atoms with Crippen LogP contribution in [0.15, 0.2) is 41.8 Å². The van der Waals surface area contributed by atoms with Crippen molar-refractivity contribution in [2.45, 2.75) is 37.1 Å². The molecule has 1 aliphatic rings. The first-order chi connectivity index (χ1) is 8.45. The van der Waals surface area contributed by atoms with Crippen molar-refractivity contribution in [2.75, 3.05) is 0 Å². The number of sulfonamides is 1. The van der Waals surface area contributed by atoms with Gasteiger partial charge in [0.25, 0.3) is 0 Å². The molecule has 0 fully saturated rings. The van der Waals surface area contributed by atoms with Crippen molar-refractivity contribution in [3.8, 4) is 0 Å². The molecule has 0 bridgehead atoms. The second kappa shape index (κ2) is 4.52. The maximum atomic E-state index is 12.1. The van der Waals surface area contributed by atoms with Crippen molar-refractivity contribution in [1.82, 2.24) is 4.72 Å². The minimum Gasteiger partial charge on any atom is -0.207 e. The van der Waals surface area contributed by atoms with Gasteiger partial charge in [0.2, 0.25) is 10.0 Å². The molecule has 3 nitrogen and oxygen atoms in total. The Morgan fingerprint density at radius 1 is 1.44 bits per heavy atom. The topological polar surface area (TPSA) is 46.2 Å². The normalized spacial score (nSPS) is 26.6. The summed E-state index contributed by atoms with van der Waals surface area (Å²) in [5.41, 5.74) is 0.274. The summed E-state index contributed by atoms with van der Waals surface area (Å²) in [5.74, 6) is 0.0981. The monoisotopic (exact) mass is 265 g/mol. The SMILES string of the molecule is C=C[C@H](CCC)[C@]1(C)NS(=O)(=O)c2ccccc21. The molecule has 0 spiro atoms. The van der Waals surface area contributed by atoms with Crippen molar-refractivity contribution in [1.29, 1.82) is 0 Å². The maximum Gasteiger partial charge on any atom is 0.241 e. The summed E-state index contributed by atoms with van der Waals surface area (Å²) in [6.07, 6.45) is 3.77. The van der Waals surface area contributed by atoms with Gasteiger partial charge in [-0.25, -0.2) is 13.1 Å². The second-order valence-electron chi connectivity index (χ2n) is 4.93. The number of rotatable bonds is 4. The van der Waals surface area contributed by atoms with Gasteiger partial charge in [0.1, 0.15) is 0 Å². The van der Waals surface area contributed by atoms with Gasteiger partial charge in [-0.3, -0.25) is 0 Å². The number of hydrogen-bond acceptors (Lipinski definition) is 2. The summed E-state index contributed by atoms with van der Waals surface area (Å²) in [6.45, 7) is 7.89. The Morgan fingerprint density at radius 3 is 2.72 bits per heavy atom. The zero-order chi connectivity index (χ0) is 13.4. The van der Waals surface area contributed by atoms with Crippen LogP contribution in [0, 0.1) is 5.92 Å². The lowest BCUT2D eigenvalue weighted by Gasteiger charge is -2.32. The molecule has 1 N–H and O–H groups in total. The molecule has 1 aliphatic heterocycles. The second-order valence-corrected chi connectivity index (χ2v) is 6.59. The fourth-order valence-corrected chi connectivity index (χ4v) is 4.50. The largest absolute Gasteiger partial charge is 0.241 e. The van der Waals surface area contributed by atoms with Crippen molar-refractivity contribution >= 4 is 10.0 Å². The average Bonchev–Trinajstić information content (AvgIpc) is 2.55. The number of fused-ring (bicyclic) bond motifs is 1. The molecule has 2 rings (SSSR count). The average molecular weight is 265 g/mol. The molecule has 0 unspecified atom stereocenters. The smallest absolute Gasteiger partial charge is 0.207 e. The summed E-state index contributed by atoms with van der Waals surface area (Å²) < 4.78 is 27.1. The Bertz CT molecular complexity index is 565. The van der Waals surface area contributed by atoms with E-state index in [9.17, 15) is 8.42 Å². The lowest BCUT2D eigenvalue weighted by Crippen LogP contribution is -2.42. The van der Waals surface area contributed by atoms with E-state index in [2.05, 4.69) is 18.2 Å². The van der Waals surface area contributed by atoms with E-state index in [1.54, 1.807) is 12.1 Å². The van der Waals surface area contributed by atoms with Crippen LogP contribution in [-0.4, -0.2) is 8.42 Å². The van der Waals surface area contributed by atoms with Crippen LogP contribution in [0.1, 0.15) is 32.3 Å². The zero-order valence-electron chi connectivity index (χ0n) is 10.8. The molecular formula is C14H19NO2S. The third kappa shape index (κ3) is 1.89. The molecule has 0 saturated carbocycles. The highest BCUT2D eigenvalue weighted by Crippen LogP contribution is 2.42. The van der Waals surface area contributed by atoms with Crippen LogP contribution in [0.3, 0.4) is 0 Å². The van der Waals surface area contributed by atoms with Gasteiger partial charge < -0.3 is 0 Å². The first-order valence-corrected chi connectivity index (χ1v) is 7.70. The summed E-state index contributed by atoms with van der Waals surface area (Å²) in [5, 5.41) is 0. The molecule has 0 amide bonds. The minimum atomic E-state index is -3.38. The molecule has 1 aromatic carbocycles. The standard InChI is InChI=1S/C14H19NO2S/c1-4-8-11(5-2)14(3)12-9-6-7-10-13(12)18(16,17)15-14/h5-7,9-11,15H,2,4,8H2,1,3H3/t11-,14+/m1/s1. The van der Waals surface area contributed by atoms with Gasteiger partial charge in [0, 0.05) is 0 Å². The van der Waals surface area contributed by atoms with Crippen LogP contribution < -0.4 is 4.72 Å². The van der Waals surface area contributed by atoms with E-state index >= 15 is 0 Å². The Balaban J connectivity index is 2.58. The third-order valence-corrected chi connectivity index (χ3v) is 5.34. The molecule has 1 heterocycles. The van der Waals surface area contributed by atoms with Crippen molar-refractivity contribution < 1.29 is 8.42 Å². The summed E-state index contributed by atoms with van der Waals surface area (Å²) in [6, 6.07) is 7.19. The Kier molecular flexibility index (Phi) is 3.34. The third-order valence-electron chi connectivity index (χ3n) is 3.71. The summed E-state index contributed by atoms with van der Waals surface area (Å²) in [4.78, 5) is 0.399. The van der Waals surface area contributed by atoms with E-state index in [1.807, 2.05) is 25.1 Å². The fraction of sp³-hybridized carbons (Fsp3) is 0.429. The predicted octanol–water partition coefficient (Wildman–Crippen LogP) is 2.80. The van der Waals surface area contributed by atoms with Gasteiger partial charge in [-0.15, -0.1) is 6.58 Å². The van der Waals surface area contributed by atoms with E-state index in [0.29, 0.717) is 4.90 Å². The van der Waals surface area contributed by atoms with E-state index < -0.39 is 15.6 Å². The molecular weight excluding hydrogens is 246 g/mol. The fourth-order valence-electron chi connectivity index (χ4n) is 2.75.